The fourth-order valence-electron chi connectivity index (χ4n) is 4.58. The van der Waals surface area contributed by atoms with Crippen LogP contribution in [0.15, 0.2) is 0 Å². The van der Waals surface area contributed by atoms with Crippen LogP contribution in [0.2, 0.25) is 0 Å². The van der Waals surface area contributed by atoms with E-state index in [0.717, 1.165) is 31.1 Å². The molecule has 20 heavy (non-hydrogen) atoms. The highest BCUT2D eigenvalue weighted by Crippen LogP contribution is 2.32. The first-order chi connectivity index (χ1) is 9.83. The second kappa shape index (κ2) is 7.21. The Kier molecular flexibility index (Phi) is 5.32. The standard InChI is InChI=1S/C16H31N3O/c1-13-12-16(18-15-5-3-2-4-14(13)15)17-6-7-19-8-10-20-11-9-19/h13-18H,2-12H2,1H3/p+2. The summed E-state index contributed by atoms with van der Waals surface area (Å²) in [5.74, 6) is 1.91. The van der Waals surface area contributed by atoms with Crippen molar-refractivity contribution in [1.29, 1.82) is 0 Å². The van der Waals surface area contributed by atoms with E-state index in [1.54, 1.807) is 4.90 Å². The largest absolute Gasteiger partial charge is 0.370 e. The maximum atomic E-state index is 5.42. The van der Waals surface area contributed by atoms with E-state index in [1.165, 1.54) is 58.3 Å². The second-order valence-corrected chi connectivity index (χ2v) is 7.19. The van der Waals surface area contributed by atoms with Gasteiger partial charge in [-0.1, -0.05) is 13.3 Å². The lowest BCUT2D eigenvalue weighted by molar-refractivity contribution is -0.907. The van der Waals surface area contributed by atoms with Crippen LogP contribution in [0.1, 0.15) is 39.0 Å². The molecular weight excluding hydrogens is 250 g/mol. The van der Waals surface area contributed by atoms with Gasteiger partial charge in [-0.25, -0.2) is 0 Å². The maximum Gasteiger partial charge on any atom is 0.140 e. The molecule has 1 aliphatic carbocycles. The average Bonchev–Trinajstić information content (AvgIpc) is 2.48. The van der Waals surface area contributed by atoms with Crippen LogP contribution in [0.3, 0.4) is 0 Å². The minimum absolute atomic E-state index is 0.671. The Balaban J connectivity index is 1.39. The average molecular weight is 283 g/mol. The normalized spacial score (nSPS) is 39.5. The number of nitrogens with one attached hydrogen (secondary N) is 2. The molecule has 0 aromatic carbocycles. The van der Waals surface area contributed by atoms with Crippen molar-refractivity contribution in [2.45, 2.75) is 51.2 Å². The zero-order chi connectivity index (χ0) is 13.8. The summed E-state index contributed by atoms with van der Waals surface area (Å²) >= 11 is 0. The van der Waals surface area contributed by atoms with Crippen molar-refractivity contribution in [3.8, 4) is 0 Å². The van der Waals surface area contributed by atoms with Crippen molar-refractivity contribution in [2.75, 3.05) is 39.4 Å². The zero-order valence-electron chi connectivity index (χ0n) is 13.1. The molecule has 3 aliphatic rings. The van der Waals surface area contributed by atoms with Gasteiger partial charge in [0.05, 0.1) is 25.8 Å². The van der Waals surface area contributed by atoms with Crippen molar-refractivity contribution in [2.24, 2.45) is 11.8 Å². The number of ether oxygens (including phenoxy) is 1. The van der Waals surface area contributed by atoms with Crippen LogP contribution in [0.25, 0.3) is 0 Å². The molecule has 4 nitrogen and oxygen atoms in total. The van der Waals surface area contributed by atoms with Crippen LogP contribution in [0.5, 0.6) is 0 Å². The number of nitrogens with two attached hydrogens (primary N) is 1. The van der Waals surface area contributed by atoms with Gasteiger partial charge in [0.15, 0.2) is 0 Å². The van der Waals surface area contributed by atoms with Gasteiger partial charge in [-0.2, -0.15) is 0 Å². The molecule has 4 N–H and O–H groups in total. The minimum atomic E-state index is 0.671. The highest BCUT2D eigenvalue weighted by atomic mass is 16.5. The first kappa shape index (κ1) is 14.8. The third kappa shape index (κ3) is 3.73. The highest BCUT2D eigenvalue weighted by molar-refractivity contribution is 4.82. The molecule has 0 bridgehead atoms. The Morgan fingerprint density at radius 2 is 2.00 bits per heavy atom. The summed E-state index contributed by atoms with van der Waals surface area (Å²) < 4.78 is 5.42. The molecule has 4 heteroatoms. The molecule has 3 fully saturated rings. The molecule has 2 aliphatic heterocycles. The quantitative estimate of drug-likeness (QED) is 0.618. The van der Waals surface area contributed by atoms with Crippen molar-refractivity contribution in [3.05, 3.63) is 0 Å². The van der Waals surface area contributed by atoms with Crippen LogP contribution in [0, 0.1) is 11.8 Å². The molecule has 1 saturated carbocycles. The van der Waals surface area contributed by atoms with Gasteiger partial charge in [-0.05, 0) is 25.2 Å². The molecule has 0 spiro atoms. The van der Waals surface area contributed by atoms with Gasteiger partial charge in [-0.15, -0.1) is 0 Å². The lowest BCUT2D eigenvalue weighted by atomic mass is 9.73. The number of hydrogen-bond donors (Lipinski definition) is 3. The fourth-order valence-corrected chi connectivity index (χ4v) is 4.58. The fraction of sp³-hybridized carbons (Fsp3) is 1.00. The van der Waals surface area contributed by atoms with E-state index in [-0.39, 0.29) is 0 Å². The summed E-state index contributed by atoms with van der Waals surface area (Å²) in [7, 11) is 0. The molecule has 0 aromatic heterocycles. The summed E-state index contributed by atoms with van der Waals surface area (Å²) in [6, 6.07) is 0.903. The minimum Gasteiger partial charge on any atom is -0.370 e. The number of rotatable bonds is 4. The Hall–Kier alpha value is -0.160. The van der Waals surface area contributed by atoms with Crippen LogP contribution < -0.4 is 15.5 Å². The second-order valence-electron chi connectivity index (χ2n) is 7.19. The van der Waals surface area contributed by atoms with Gasteiger partial charge in [0.2, 0.25) is 0 Å². The summed E-state index contributed by atoms with van der Waals surface area (Å²) in [6.07, 6.45) is 7.88. The van der Waals surface area contributed by atoms with E-state index in [0.29, 0.717) is 6.17 Å². The molecular formula is C16H33N3O+2. The lowest BCUT2D eigenvalue weighted by Crippen LogP contribution is -3.15. The first-order valence-corrected chi connectivity index (χ1v) is 8.82. The van der Waals surface area contributed by atoms with E-state index in [4.69, 9.17) is 4.74 Å². The number of morpholine rings is 1. The monoisotopic (exact) mass is 283 g/mol. The Morgan fingerprint density at radius 3 is 2.85 bits per heavy atom. The van der Waals surface area contributed by atoms with Gasteiger partial charge >= 0.3 is 0 Å². The van der Waals surface area contributed by atoms with E-state index < -0.39 is 0 Å². The molecule has 0 radical (unpaired) electrons. The first-order valence-electron chi connectivity index (χ1n) is 8.82. The van der Waals surface area contributed by atoms with E-state index >= 15 is 0 Å². The van der Waals surface area contributed by atoms with E-state index in [1.807, 2.05) is 0 Å². The van der Waals surface area contributed by atoms with Gasteiger partial charge < -0.3 is 15.0 Å². The van der Waals surface area contributed by atoms with Crippen molar-refractivity contribution < 1.29 is 15.0 Å². The number of piperidine rings is 1. The summed E-state index contributed by atoms with van der Waals surface area (Å²) in [4.78, 5) is 1.71. The van der Waals surface area contributed by atoms with Crippen molar-refractivity contribution >= 4 is 0 Å². The SMILES string of the molecule is CC1CC(NCC[NH+]2CCOCC2)[NH2+]C2CCCCC12. The predicted molar refractivity (Wildman–Crippen MR) is 79.6 cm³/mol. The van der Waals surface area contributed by atoms with Gasteiger partial charge in [0.1, 0.15) is 19.3 Å². The van der Waals surface area contributed by atoms with Gasteiger partial charge in [-0.3, -0.25) is 5.32 Å². The molecule has 116 valence electrons. The third-order valence-electron chi connectivity index (χ3n) is 5.80. The Morgan fingerprint density at radius 1 is 1.20 bits per heavy atom. The van der Waals surface area contributed by atoms with E-state index in [9.17, 15) is 0 Å². The smallest absolute Gasteiger partial charge is 0.140 e. The highest BCUT2D eigenvalue weighted by Gasteiger charge is 2.39. The summed E-state index contributed by atoms with van der Waals surface area (Å²) in [5.41, 5.74) is 0. The van der Waals surface area contributed by atoms with Crippen LogP contribution in [0.4, 0.5) is 0 Å². The van der Waals surface area contributed by atoms with Gasteiger partial charge in [0.25, 0.3) is 0 Å². The summed E-state index contributed by atoms with van der Waals surface area (Å²) in [5, 5.41) is 6.48. The molecule has 2 saturated heterocycles. The number of fused-ring (bicyclic) bond motifs is 1. The van der Waals surface area contributed by atoms with Gasteiger partial charge in [0, 0.05) is 18.9 Å². The third-order valence-corrected chi connectivity index (χ3v) is 5.80. The molecule has 0 aromatic rings. The van der Waals surface area contributed by atoms with Crippen LogP contribution in [-0.4, -0.2) is 51.6 Å². The Bertz CT molecular complexity index is 293. The van der Waals surface area contributed by atoms with Crippen LogP contribution >= 0.6 is 0 Å². The number of quaternary nitrogens is 2. The summed E-state index contributed by atoms with van der Waals surface area (Å²) in [6.45, 7) is 9.19. The lowest BCUT2D eigenvalue weighted by Gasteiger charge is -2.41. The molecule has 0 amide bonds. The van der Waals surface area contributed by atoms with Crippen molar-refractivity contribution in [3.63, 3.8) is 0 Å². The van der Waals surface area contributed by atoms with Crippen molar-refractivity contribution in [1.82, 2.24) is 5.32 Å². The molecule has 4 atom stereocenters. The number of hydrogen-bond acceptors (Lipinski definition) is 2. The molecule has 4 unspecified atom stereocenters. The predicted octanol–water partition coefficient (Wildman–Crippen LogP) is -1.02. The zero-order valence-corrected chi connectivity index (χ0v) is 13.1. The molecule has 3 rings (SSSR count). The van der Waals surface area contributed by atoms with E-state index in [2.05, 4.69) is 17.6 Å². The Labute approximate surface area is 123 Å². The molecule has 2 heterocycles. The topological polar surface area (TPSA) is 42.3 Å². The maximum absolute atomic E-state index is 5.42. The van der Waals surface area contributed by atoms with Crippen LogP contribution in [-0.2, 0) is 4.74 Å².